The summed E-state index contributed by atoms with van der Waals surface area (Å²) in [5.74, 6) is 2.57. The zero-order valence-electron chi connectivity index (χ0n) is 15.0. The van der Waals surface area contributed by atoms with Crippen LogP contribution in [0.1, 0.15) is 11.1 Å². The highest BCUT2D eigenvalue weighted by Crippen LogP contribution is 2.16. The molecule has 0 atom stereocenters. The maximum Gasteiger partial charge on any atom is 0.126 e. The Morgan fingerprint density at radius 1 is 0.692 bits per heavy atom. The lowest BCUT2D eigenvalue weighted by atomic mass is 10.2. The summed E-state index contributed by atoms with van der Waals surface area (Å²) in [4.78, 5) is 4.45. The van der Waals surface area contributed by atoms with E-state index < -0.39 is 0 Å². The molecule has 3 rings (SSSR count). The summed E-state index contributed by atoms with van der Waals surface area (Å²) in [6.45, 7) is 1.46. The first-order valence-corrected chi connectivity index (χ1v) is 8.46. The van der Waals surface area contributed by atoms with Gasteiger partial charge in [0, 0.05) is 13.1 Å². The predicted octanol–water partition coefficient (Wildman–Crippen LogP) is 4.32. The second-order valence-electron chi connectivity index (χ2n) is 5.84. The second-order valence-corrected chi connectivity index (χ2v) is 5.84. The van der Waals surface area contributed by atoms with Gasteiger partial charge in [0.2, 0.25) is 0 Å². The Bertz CT molecular complexity index is 730. The molecule has 134 valence electrons. The zero-order valence-corrected chi connectivity index (χ0v) is 15.0. The van der Waals surface area contributed by atoms with E-state index in [1.807, 2.05) is 66.9 Å². The first-order chi connectivity index (χ1) is 12.8. The maximum absolute atomic E-state index is 5.17. The minimum atomic E-state index is 0.718. The molecule has 3 aromatic rings. The van der Waals surface area contributed by atoms with Crippen molar-refractivity contribution in [1.29, 1.82) is 0 Å². The number of hydrogen-bond donors (Lipinski definition) is 2. The number of anilines is 2. The van der Waals surface area contributed by atoms with E-state index in [2.05, 4.69) is 15.6 Å². The number of benzene rings is 2. The molecule has 2 N–H and O–H groups in total. The number of nitrogens with zero attached hydrogens (tertiary/aromatic N) is 1. The van der Waals surface area contributed by atoms with Crippen LogP contribution < -0.4 is 20.1 Å². The molecule has 0 aliphatic carbocycles. The lowest BCUT2D eigenvalue weighted by molar-refractivity contribution is 0.414. The number of ether oxygens (including phenoxy) is 2. The fraction of sp³-hybridized carbons (Fsp3) is 0.190. The molecule has 0 saturated carbocycles. The average molecular weight is 349 g/mol. The Hall–Kier alpha value is -3.21. The molecule has 5 nitrogen and oxygen atoms in total. The largest absolute Gasteiger partial charge is 0.497 e. The van der Waals surface area contributed by atoms with E-state index in [1.165, 1.54) is 11.1 Å². The Kier molecular flexibility index (Phi) is 5.93. The van der Waals surface area contributed by atoms with E-state index in [0.29, 0.717) is 0 Å². The highest BCUT2D eigenvalue weighted by atomic mass is 16.5. The summed E-state index contributed by atoms with van der Waals surface area (Å²) < 4.78 is 10.3. The van der Waals surface area contributed by atoms with E-state index >= 15 is 0 Å². The van der Waals surface area contributed by atoms with Crippen LogP contribution in [0, 0.1) is 0 Å². The quantitative estimate of drug-likeness (QED) is 0.634. The highest BCUT2D eigenvalue weighted by molar-refractivity contribution is 5.48. The van der Waals surface area contributed by atoms with Crippen LogP contribution in [-0.4, -0.2) is 19.2 Å². The van der Waals surface area contributed by atoms with Gasteiger partial charge in [-0.1, -0.05) is 24.3 Å². The van der Waals surface area contributed by atoms with Gasteiger partial charge in [-0.3, -0.25) is 0 Å². The molecule has 0 amide bonds. The third kappa shape index (κ3) is 4.89. The molecule has 1 heterocycles. The molecule has 2 aromatic carbocycles. The number of nitrogens with one attached hydrogen (secondary N) is 2. The van der Waals surface area contributed by atoms with Gasteiger partial charge in [0.25, 0.3) is 0 Å². The molecule has 0 unspecified atom stereocenters. The number of hydrogen-bond acceptors (Lipinski definition) is 5. The predicted molar refractivity (Wildman–Crippen MR) is 105 cm³/mol. The van der Waals surface area contributed by atoms with Crippen LogP contribution in [0.3, 0.4) is 0 Å². The van der Waals surface area contributed by atoms with Crippen LogP contribution in [0.4, 0.5) is 11.5 Å². The molecule has 0 bridgehead atoms. The topological polar surface area (TPSA) is 55.4 Å². The summed E-state index contributed by atoms with van der Waals surface area (Å²) in [7, 11) is 3.34. The van der Waals surface area contributed by atoms with E-state index in [9.17, 15) is 0 Å². The van der Waals surface area contributed by atoms with Crippen LogP contribution in [0.15, 0.2) is 66.9 Å². The first kappa shape index (κ1) is 17.6. The van der Waals surface area contributed by atoms with Crippen molar-refractivity contribution in [2.24, 2.45) is 0 Å². The smallest absolute Gasteiger partial charge is 0.126 e. The van der Waals surface area contributed by atoms with Gasteiger partial charge in [0.1, 0.15) is 17.3 Å². The van der Waals surface area contributed by atoms with Crippen molar-refractivity contribution < 1.29 is 9.47 Å². The zero-order chi connectivity index (χ0) is 18.2. The van der Waals surface area contributed by atoms with Crippen molar-refractivity contribution in [2.75, 3.05) is 24.9 Å². The summed E-state index contributed by atoms with van der Waals surface area (Å²) in [5, 5.41) is 6.69. The average Bonchev–Trinajstić information content (AvgIpc) is 2.72. The van der Waals surface area contributed by atoms with Gasteiger partial charge >= 0.3 is 0 Å². The van der Waals surface area contributed by atoms with Crippen molar-refractivity contribution in [1.82, 2.24) is 4.98 Å². The van der Waals surface area contributed by atoms with E-state index in [0.717, 1.165) is 36.1 Å². The SMILES string of the molecule is COc1ccc(CNc2ccc(NCc3ccc(OC)cc3)nc2)cc1. The van der Waals surface area contributed by atoms with E-state index in [-0.39, 0.29) is 0 Å². The molecular formula is C21H23N3O2. The van der Waals surface area contributed by atoms with Crippen LogP contribution in [0.25, 0.3) is 0 Å². The minimum absolute atomic E-state index is 0.718. The summed E-state index contributed by atoms with van der Waals surface area (Å²) in [6.07, 6.45) is 1.83. The fourth-order valence-electron chi connectivity index (χ4n) is 2.49. The molecule has 0 radical (unpaired) electrons. The number of rotatable bonds is 8. The maximum atomic E-state index is 5.17. The van der Waals surface area contributed by atoms with Crippen molar-refractivity contribution in [3.05, 3.63) is 78.0 Å². The van der Waals surface area contributed by atoms with Crippen LogP contribution in [0.2, 0.25) is 0 Å². The molecule has 26 heavy (non-hydrogen) atoms. The van der Waals surface area contributed by atoms with Crippen LogP contribution in [0.5, 0.6) is 11.5 Å². The molecule has 0 saturated heterocycles. The summed E-state index contributed by atoms with van der Waals surface area (Å²) in [6, 6.07) is 20.0. The highest BCUT2D eigenvalue weighted by Gasteiger charge is 1.99. The summed E-state index contributed by atoms with van der Waals surface area (Å²) >= 11 is 0. The molecule has 0 aliphatic rings. The molecule has 0 aliphatic heterocycles. The third-order valence-electron chi connectivity index (χ3n) is 4.05. The van der Waals surface area contributed by atoms with Gasteiger partial charge in [-0.2, -0.15) is 0 Å². The number of aromatic nitrogens is 1. The summed E-state index contributed by atoms with van der Waals surface area (Å²) in [5.41, 5.74) is 3.35. The van der Waals surface area contributed by atoms with Gasteiger partial charge in [-0.05, 0) is 47.5 Å². The molecule has 1 aromatic heterocycles. The van der Waals surface area contributed by atoms with Gasteiger partial charge in [-0.15, -0.1) is 0 Å². The molecular weight excluding hydrogens is 326 g/mol. The lowest BCUT2D eigenvalue weighted by Gasteiger charge is -2.09. The number of methoxy groups -OCH3 is 2. The molecule has 0 spiro atoms. The van der Waals surface area contributed by atoms with Gasteiger partial charge in [-0.25, -0.2) is 4.98 Å². The minimum Gasteiger partial charge on any atom is -0.497 e. The first-order valence-electron chi connectivity index (χ1n) is 8.46. The fourth-order valence-corrected chi connectivity index (χ4v) is 2.49. The van der Waals surface area contributed by atoms with Gasteiger partial charge in [0.05, 0.1) is 26.1 Å². The van der Waals surface area contributed by atoms with Gasteiger partial charge in [0.15, 0.2) is 0 Å². The lowest BCUT2D eigenvalue weighted by Crippen LogP contribution is -2.03. The Morgan fingerprint density at radius 3 is 1.69 bits per heavy atom. The molecule has 0 fully saturated rings. The Labute approximate surface area is 154 Å². The van der Waals surface area contributed by atoms with Gasteiger partial charge < -0.3 is 20.1 Å². The van der Waals surface area contributed by atoms with Crippen molar-refractivity contribution >= 4 is 11.5 Å². The normalized spacial score (nSPS) is 10.2. The van der Waals surface area contributed by atoms with E-state index in [1.54, 1.807) is 14.2 Å². The van der Waals surface area contributed by atoms with Crippen LogP contribution >= 0.6 is 0 Å². The standard InChI is InChI=1S/C21H23N3O2/c1-25-19-8-3-16(4-9-19)13-22-18-7-12-21(24-15-18)23-14-17-5-10-20(26-2)11-6-17/h3-12,15,22H,13-14H2,1-2H3,(H,23,24). The Morgan fingerprint density at radius 2 is 1.23 bits per heavy atom. The van der Waals surface area contributed by atoms with Crippen molar-refractivity contribution in [3.8, 4) is 11.5 Å². The second kappa shape index (κ2) is 8.76. The number of pyridine rings is 1. The molecule has 5 heteroatoms. The van der Waals surface area contributed by atoms with Crippen molar-refractivity contribution in [2.45, 2.75) is 13.1 Å². The van der Waals surface area contributed by atoms with Crippen LogP contribution in [-0.2, 0) is 13.1 Å². The van der Waals surface area contributed by atoms with Crippen molar-refractivity contribution in [3.63, 3.8) is 0 Å². The Balaban J connectivity index is 1.49. The third-order valence-corrected chi connectivity index (χ3v) is 4.05. The van der Waals surface area contributed by atoms with E-state index in [4.69, 9.17) is 9.47 Å². The monoisotopic (exact) mass is 349 g/mol.